The predicted molar refractivity (Wildman–Crippen MR) is 110 cm³/mol. The summed E-state index contributed by atoms with van der Waals surface area (Å²) >= 11 is 1.26. The van der Waals surface area contributed by atoms with Crippen LogP contribution in [0, 0.1) is 0 Å². The molecule has 0 spiro atoms. The van der Waals surface area contributed by atoms with Crippen LogP contribution in [0.25, 0.3) is 0 Å². The van der Waals surface area contributed by atoms with Crippen LogP contribution in [0.15, 0.2) is 24.3 Å². The third kappa shape index (κ3) is 4.40. The van der Waals surface area contributed by atoms with Gasteiger partial charge in [-0.15, -0.1) is 11.3 Å². The molecule has 1 aromatic heterocycles. The first-order chi connectivity index (χ1) is 14.5. The van der Waals surface area contributed by atoms with Gasteiger partial charge in [-0.25, -0.2) is 4.79 Å². The minimum Gasteiger partial charge on any atom is -0.490 e. The molecule has 1 aromatic carbocycles. The second kappa shape index (κ2) is 9.62. The molecule has 0 saturated heterocycles. The SMILES string of the molecule is CCOc1ccccc1OCC(=O)Nc1sc2c(c1C(=O)OC)[C@H](C(=O)OC)CC2. The molecule has 1 N–H and O–H groups in total. The van der Waals surface area contributed by atoms with Crippen LogP contribution in [-0.2, 0) is 25.5 Å². The van der Waals surface area contributed by atoms with E-state index in [-0.39, 0.29) is 12.2 Å². The second-order valence-electron chi connectivity index (χ2n) is 6.47. The molecular formula is C21H23NO7S. The van der Waals surface area contributed by atoms with Crippen LogP contribution in [0.4, 0.5) is 5.00 Å². The number of rotatable bonds is 8. The zero-order chi connectivity index (χ0) is 21.7. The van der Waals surface area contributed by atoms with E-state index in [1.54, 1.807) is 18.2 Å². The highest BCUT2D eigenvalue weighted by Gasteiger charge is 2.38. The summed E-state index contributed by atoms with van der Waals surface area (Å²) in [5.74, 6) is -1.02. The van der Waals surface area contributed by atoms with Gasteiger partial charge in [-0.3, -0.25) is 9.59 Å². The molecular weight excluding hydrogens is 410 g/mol. The second-order valence-corrected chi connectivity index (χ2v) is 7.57. The van der Waals surface area contributed by atoms with Gasteiger partial charge < -0.3 is 24.3 Å². The molecule has 1 aliphatic carbocycles. The van der Waals surface area contributed by atoms with Crippen molar-refractivity contribution >= 4 is 34.2 Å². The van der Waals surface area contributed by atoms with Crippen molar-refractivity contribution in [3.63, 3.8) is 0 Å². The number of esters is 2. The van der Waals surface area contributed by atoms with Gasteiger partial charge >= 0.3 is 11.9 Å². The van der Waals surface area contributed by atoms with Crippen molar-refractivity contribution in [2.45, 2.75) is 25.7 Å². The minimum absolute atomic E-state index is 0.202. The molecule has 0 unspecified atom stereocenters. The van der Waals surface area contributed by atoms with E-state index in [1.807, 2.05) is 13.0 Å². The van der Waals surface area contributed by atoms with Gasteiger partial charge in [-0.05, 0) is 37.5 Å². The molecule has 1 heterocycles. The summed E-state index contributed by atoms with van der Waals surface area (Å²) in [6, 6.07) is 7.05. The molecule has 0 fully saturated rings. The Morgan fingerprint density at radius 3 is 2.43 bits per heavy atom. The van der Waals surface area contributed by atoms with Gasteiger partial charge in [0.2, 0.25) is 0 Å². The summed E-state index contributed by atoms with van der Waals surface area (Å²) in [6.07, 6.45) is 1.18. The van der Waals surface area contributed by atoms with E-state index < -0.39 is 23.8 Å². The van der Waals surface area contributed by atoms with Crippen LogP contribution in [0.5, 0.6) is 11.5 Å². The first-order valence-corrected chi connectivity index (χ1v) is 10.3. The first kappa shape index (κ1) is 21.6. The van der Waals surface area contributed by atoms with E-state index in [4.69, 9.17) is 18.9 Å². The maximum Gasteiger partial charge on any atom is 0.341 e. The van der Waals surface area contributed by atoms with Crippen molar-refractivity contribution in [1.29, 1.82) is 0 Å². The van der Waals surface area contributed by atoms with Gasteiger partial charge in [-0.1, -0.05) is 12.1 Å². The molecule has 1 atom stereocenters. The lowest BCUT2D eigenvalue weighted by molar-refractivity contribution is -0.142. The topological polar surface area (TPSA) is 100 Å². The number of hydrogen-bond donors (Lipinski definition) is 1. The molecule has 1 aliphatic rings. The number of carbonyl (C=O) groups is 3. The average molecular weight is 433 g/mol. The van der Waals surface area contributed by atoms with Crippen LogP contribution in [0.2, 0.25) is 0 Å². The van der Waals surface area contributed by atoms with E-state index in [1.165, 1.54) is 25.6 Å². The summed E-state index contributed by atoms with van der Waals surface area (Å²) < 4.78 is 20.8. The summed E-state index contributed by atoms with van der Waals surface area (Å²) in [7, 11) is 2.57. The molecule has 0 bridgehead atoms. The quantitative estimate of drug-likeness (QED) is 0.638. The number of carbonyl (C=O) groups excluding carboxylic acids is 3. The molecule has 3 rings (SSSR count). The molecule has 0 radical (unpaired) electrons. The lowest BCUT2D eigenvalue weighted by atomic mass is 9.99. The Morgan fingerprint density at radius 2 is 1.80 bits per heavy atom. The van der Waals surface area contributed by atoms with Crippen molar-refractivity contribution in [2.75, 3.05) is 32.8 Å². The Hall–Kier alpha value is -3.07. The number of fused-ring (bicyclic) bond motifs is 1. The first-order valence-electron chi connectivity index (χ1n) is 9.46. The number of hydrogen-bond acceptors (Lipinski definition) is 8. The molecule has 1 amide bonds. The number of aryl methyl sites for hydroxylation is 1. The molecule has 0 aliphatic heterocycles. The summed E-state index contributed by atoms with van der Waals surface area (Å²) in [5.41, 5.74) is 0.782. The smallest absolute Gasteiger partial charge is 0.341 e. The lowest BCUT2D eigenvalue weighted by Gasteiger charge is -2.13. The highest BCUT2D eigenvalue weighted by Crippen LogP contribution is 2.45. The third-order valence-electron chi connectivity index (χ3n) is 4.67. The molecule has 160 valence electrons. The Labute approximate surface area is 178 Å². The zero-order valence-electron chi connectivity index (χ0n) is 17.0. The molecule has 9 heteroatoms. The molecule has 8 nitrogen and oxygen atoms in total. The van der Waals surface area contributed by atoms with Crippen molar-refractivity contribution in [3.05, 3.63) is 40.3 Å². The Balaban J connectivity index is 1.78. The maximum absolute atomic E-state index is 12.5. The van der Waals surface area contributed by atoms with Crippen LogP contribution in [0.1, 0.15) is 40.1 Å². The Bertz CT molecular complexity index is 953. The fraction of sp³-hybridized carbons (Fsp3) is 0.381. The summed E-state index contributed by atoms with van der Waals surface area (Å²) in [6.45, 7) is 2.06. The van der Waals surface area contributed by atoms with Gasteiger partial charge in [0.05, 0.1) is 32.3 Å². The standard InChI is InChI=1S/C21H23NO7S/c1-4-28-13-7-5-6-8-14(13)29-11-16(23)22-19-18(21(25)27-3)17-12(20(24)26-2)9-10-15(17)30-19/h5-8,12H,4,9-11H2,1-3H3,(H,22,23)/t12-/m1/s1. The molecule has 0 saturated carbocycles. The van der Waals surface area contributed by atoms with Crippen LogP contribution in [-0.4, -0.2) is 45.3 Å². The fourth-order valence-electron chi connectivity index (χ4n) is 3.39. The number of thiophene rings is 1. The zero-order valence-corrected chi connectivity index (χ0v) is 17.8. The van der Waals surface area contributed by atoms with Crippen molar-refractivity contribution in [1.82, 2.24) is 0 Å². The minimum atomic E-state index is -0.610. The highest BCUT2D eigenvalue weighted by molar-refractivity contribution is 7.17. The van der Waals surface area contributed by atoms with Gasteiger partial charge in [0.25, 0.3) is 5.91 Å². The van der Waals surface area contributed by atoms with Crippen molar-refractivity contribution < 1.29 is 33.3 Å². The fourth-order valence-corrected chi connectivity index (χ4v) is 4.67. The van der Waals surface area contributed by atoms with Crippen LogP contribution < -0.4 is 14.8 Å². The van der Waals surface area contributed by atoms with Gasteiger partial charge in [0.15, 0.2) is 18.1 Å². The summed E-state index contributed by atoms with van der Waals surface area (Å²) in [4.78, 5) is 37.9. The molecule has 30 heavy (non-hydrogen) atoms. The average Bonchev–Trinajstić information content (AvgIpc) is 3.31. The van der Waals surface area contributed by atoms with Crippen molar-refractivity contribution in [2.24, 2.45) is 0 Å². The number of amides is 1. The predicted octanol–water partition coefficient (Wildman–Crippen LogP) is 3.15. The van der Waals surface area contributed by atoms with Gasteiger partial charge in [-0.2, -0.15) is 0 Å². The van der Waals surface area contributed by atoms with E-state index in [0.717, 1.165) is 4.88 Å². The number of para-hydroxylation sites is 2. The van der Waals surface area contributed by atoms with Crippen LogP contribution in [0.3, 0.4) is 0 Å². The Morgan fingerprint density at radius 1 is 1.10 bits per heavy atom. The largest absolute Gasteiger partial charge is 0.490 e. The summed E-state index contributed by atoms with van der Waals surface area (Å²) in [5, 5.41) is 3.06. The number of ether oxygens (including phenoxy) is 4. The highest BCUT2D eigenvalue weighted by atomic mass is 32.1. The van der Waals surface area contributed by atoms with Crippen molar-refractivity contribution in [3.8, 4) is 11.5 Å². The van der Waals surface area contributed by atoms with E-state index in [9.17, 15) is 14.4 Å². The number of benzene rings is 1. The number of anilines is 1. The Kier molecular flexibility index (Phi) is 6.94. The van der Waals surface area contributed by atoms with Gasteiger partial charge in [0.1, 0.15) is 5.00 Å². The normalized spacial score (nSPS) is 14.6. The van der Waals surface area contributed by atoms with Crippen LogP contribution >= 0.6 is 11.3 Å². The molecule has 2 aromatic rings. The lowest BCUT2D eigenvalue weighted by Crippen LogP contribution is -2.22. The monoisotopic (exact) mass is 433 g/mol. The maximum atomic E-state index is 12.5. The number of nitrogens with one attached hydrogen (secondary N) is 1. The number of methoxy groups -OCH3 is 2. The third-order valence-corrected chi connectivity index (χ3v) is 5.85. The van der Waals surface area contributed by atoms with E-state index in [0.29, 0.717) is 41.5 Å². The van der Waals surface area contributed by atoms with E-state index >= 15 is 0 Å². The van der Waals surface area contributed by atoms with E-state index in [2.05, 4.69) is 5.32 Å². The van der Waals surface area contributed by atoms with Gasteiger partial charge in [0, 0.05) is 4.88 Å².